The lowest BCUT2D eigenvalue weighted by Gasteiger charge is -2.21. The lowest BCUT2D eigenvalue weighted by molar-refractivity contribution is -0.111. The van der Waals surface area contributed by atoms with Gasteiger partial charge in [0.05, 0.1) is 11.2 Å². The number of amides is 1. The minimum Gasteiger partial charge on any atom is -0.384 e. The van der Waals surface area contributed by atoms with Gasteiger partial charge in [0.25, 0.3) is 5.91 Å². The van der Waals surface area contributed by atoms with Gasteiger partial charge in [-0.2, -0.15) is 0 Å². The number of primary amides is 1. The molecule has 1 atom stereocenters. The van der Waals surface area contributed by atoms with Crippen LogP contribution < -0.4 is 22.1 Å². The predicted octanol–water partition coefficient (Wildman–Crippen LogP) is 1.36. The average Bonchev–Trinajstić information content (AvgIpc) is 2.96. The van der Waals surface area contributed by atoms with Gasteiger partial charge in [0, 0.05) is 25.2 Å². The molecule has 1 heterocycles. The van der Waals surface area contributed by atoms with E-state index < -0.39 is 5.91 Å². The van der Waals surface area contributed by atoms with Gasteiger partial charge in [-0.3, -0.25) is 9.79 Å². The van der Waals surface area contributed by atoms with Crippen LogP contribution in [0.4, 0.5) is 5.69 Å². The Kier molecular flexibility index (Phi) is 6.60. The fourth-order valence-corrected chi connectivity index (χ4v) is 3.33. The van der Waals surface area contributed by atoms with Gasteiger partial charge in [-0.1, -0.05) is 30.0 Å². The first kappa shape index (κ1) is 19.0. The lowest BCUT2D eigenvalue weighted by atomic mass is 9.98. The number of para-hydroxylation sites is 1. The van der Waals surface area contributed by atoms with Crippen LogP contribution >= 0.6 is 11.8 Å². The third kappa shape index (κ3) is 4.40. The summed E-state index contributed by atoms with van der Waals surface area (Å²) in [6.07, 6.45) is 0.887. The van der Waals surface area contributed by atoms with Crippen molar-refractivity contribution in [2.24, 2.45) is 27.2 Å². The van der Waals surface area contributed by atoms with Gasteiger partial charge in [-0.25, -0.2) is 4.99 Å². The molecule has 1 unspecified atom stereocenters. The van der Waals surface area contributed by atoms with E-state index in [0.29, 0.717) is 24.0 Å². The molecule has 0 radical (unpaired) electrons. The van der Waals surface area contributed by atoms with Crippen LogP contribution in [-0.2, 0) is 4.79 Å². The minimum atomic E-state index is -0.611. The molecule has 0 spiro atoms. The maximum absolute atomic E-state index is 11.5. The SMILES string of the molecule is CN=CSC(=N/C(C)=C(/N)N1CC(CCN)c2ccccc21)C(N)=O. The van der Waals surface area contributed by atoms with Crippen LogP contribution in [0.2, 0.25) is 0 Å². The highest BCUT2D eigenvalue weighted by molar-refractivity contribution is 8.26. The van der Waals surface area contributed by atoms with Gasteiger partial charge in [-0.15, -0.1) is 0 Å². The van der Waals surface area contributed by atoms with Crippen molar-refractivity contribution in [3.63, 3.8) is 0 Å². The zero-order chi connectivity index (χ0) is 18.4. The molecule has 0 aliphatic carbocycles. The fourth-order valence-electron chi connectivity index (χ4n) is 2.82. The first-order valence-corrected chi connectivity index (χ1v) is 8.86. The number of thioether (sulfide) groups is 1. The molecule has 0 bridgehead atoms. The third-order valence-corrected chi connectivity index (χ3v) is 4.83. The maximum Gasteiger partial charge on any atom is 0.274 e. The molecular weight excluding hydrogens is 336 g/mol. The van der Waals surface area contributed by atoms with Gasteiger partial charge in [-0.05, 0) is 31.5 Å². The predicted molar refractivity (Wildman–Crippen MR) is 106 cm³/mol. The summed E-state index contributed by atoms with van der Waals surface area (Å²) < 4.78 is 0. The Balaban J connectivity index is 2.36. The first-order valence-electron chi connectivity index (χ1n) is 7.98. The van der Waals surface area contributed by atoms with E-state index in [2.05, 4.69) is 16.1 Å². The average molecular weight is 360 g/mol. The van der Waals surface area contributed by atoms with Crippen LogP contribution in [0.25, 0.3) is 0 Å². The van der Waals surface area contributed by atoms with Crippen molar-refractivity contribution < 1.29 is 4.79 Å². The maximum atomic E-state index is 11.5. The van der Waals surface area contributed by atoms with Crippen molar-refractivity contribution in [2.75, 3.05) is 25.0 Å². The van der Waals surface area contributed by atoms with Gasteiger partial charge in [0.1, 0.15) is 5.82 Å². The first-order chi connectivity index (χ1) is 12.0. The Hall–Kier alpha value is -2.32. The van der Waals surface area contributed by atoms with Gasteiger partial charge >= 0.3 is 0 Å². The van der Waals surface area contributed by atoms with E-state index in [-0.39, 0.29) is 5.04 Å². The number of carbonyl (C=O) groups excluding carboxylic acids is 1. The fraction of sp³-hybridized carbons (Fsp3) is 0.353. The zero-order valence-electron chi connectivity index (χ0n) is 14.5. The van der Waals surface area contributed by atoms with Crippen LogP contribution in [0.15, 0.2) is 45.8 Å². The van der Waals surface area contributed by atoms with Crippen molar-refractivity contribution in [2.45, 2.75) is 19.3 Å². The molecule has 7 nitrogen and oxygen atoms in total. The van der Waals surface area contributed by atoms with Crippen molar-refractivity contribution in [3.8, 4) is 0 Å². The van der Waals surface area contributed by atoms with E-state index in [1.807, 2.05) is 23.1 Å². The normalized spacial score (nSPS) is 18.4. The van der Waals surface area contributed by atoms with E-state index in [9.17, 15) is 4.79 Å². The van der Waals surface area contributed by atoms with Gasteiger partial charge in [0.15, 0.2) is 5.04 Å². The molecule has 1 aromatic rings. The number of nitrogens with zero attached hydrogens (tertiary/aromatic N) is 3. The quantitative estimate of drug-likeness (QED) is 0.540. The summed E-state index contributed by atoms with van der Waals surface area (Å²) in [7, 11) is 1.61. The van der Waals surface area contributed by atoms with Crippen molar-refractivity contribution >= 4 is 33.9 Å². The second-order valence-corrected chi connectivity index (χ2v) is 6.51. The molecule has 134 valence electrons. The Bertz CT molecular complexity index is 728. The molecule has 1 aliphatic heterocycles. The summed E-state index contributed by atoms with van der Waals surface area (Å²) in [5, 5.41) is 0.150. The van der Waals surface area contributed by atoms with Gasteiger partial charge < -0.3 is 22.1 Å². The smallest absolute Gasteiger partial charge is 0.274 e. The summed E-state index contributed by atoms with van der Waals surface area (Å²) in [5.41, 5.74) is 21.8. The van der Waals surface area contributed by atoms with Crippen LogP contribution in [0.1, 0.15) is 24.8 Å². The standard InChI is InChI=1S/C17H24N6OS/c1-11(22-17(16(20)24)25-10-21-2)15(19)23-9-12(7-8-18)13-5-3-4-6-14(13)23/h3-6,10,12H,7-9,18-19H2,1-2H3,(H2,20,24)/b15-11-,21-10?,22-17?. The summed E-state index contributed by atoms with van der Waals surface area (Å²) in [6.45, 7) is 3.12. The lowest BCUT2D eigenvalue weighted by Crippen LogP contribution is -2.28. The molecule has 0 fully saturated rings. The highest BCUT2D eigenvalue weighted by Gasteiger charge is 2.29. The number of rotatable bonds is 5. The highest BCUT2D eigenvalue weighted by Crippen LogP contribution is 2.39. The number of anilines is 1. The molecule has 1 amide bonds. The van der Waals surface area contributed by atoms with Gasteiger partial charge in [0.2, 0.25) is 0 Å². The van der Waals surface area contributed by atoms with Crippen molar-refractivity contribution in [1.29, 1.82) is 0 Å². The number of carbonyl (C=O) groups is 1. The van der Waals surface area contributed by atoms with Crippen LogP contribution in [0.3, 0.4) is 0 Å². The molecule has 0 aromatic heterocycles. The highest BCUT2D eigenvalue weighted by atomic mass is 32.2. The number of hydrogen-bond acceptors (Lipinski definition) is 7. The van der Waals surface area contributed by atoms with E-state index >= 15 is 0 Å². The Morgan fingerprint density at radius 1 is 1.40 bits per heavy atom. The number of nitrogens with two attached hydrogens (primary N) is 3. The second kappa shape index (κ2) is 8.68. The Morgan fingerprint density at radius 3 is 2.76 bits per heavy atom. The van der Waals surface area contributed by atoms with Crippen molar-refractivity contribution in [3.05, 3.63) is 41.3 Å². The van der Waals surface area contributed by atoms with E-state index in [4.69, 9.17) is 17.2 Å². The molecule has 6 N–H and O–H groups in total. The van der Waals surface area contributed by atoms with Crippen molar-refractivity contribution in [1.82, 2.24) is 0 Å². The molecular formula is C17H24N6OS. The number of hydrogen-bond donors (Lipinski definition) is 3. The molecule has 1 aromatic carbocycles. The van der Waals surface area contributed by atoms with Crippen LogP contribution in [-0.4, -0.2) is 36.6 Å². The van der Waals surface area contributed by atoms with Crippen LogP contribution in [0.5, 0.6) is 0 Å². The number of allylic oxidation sites excluding steroid dienone is 1. The Labute approximate surface area is 152 Å². The zero-order valence-corrected chi connectivity index (χ0v) is 15.3. The summed E-state index contributed by atoms with van der Waals surface area (Å²) >= 11 is 1.07. The number of benzene rings is 1. The molecule has 0 saturated carbocycles. The number of aliphatic imine (C=N–C) groups is 2. The number of fused-ring (bicyclic) bond motifs is 1. The summed E-state index contributed by atoms with van der Waals surface area (Å²) in [4.78, 5) is 21.7. The van der Waals surface area contributed by atoms with E-state index in [1.165, 1.54) is 11.1 Å². The summed E-state index contributed by atoms with van der Waals surface area (Å²) in [6, 6.07) is 8.13. The van der Waals surface area contributed by atoms with E-state index in [1.54, 1.807) is 14.0 Å². The summed E-state index contributed by atoms with van der Waals surface area (Å²) in [5.74, 6) is 0.216. The molecule has 25 heavy (non-hydrogen) atoms. The second-order valence-electron chi connectivity index (χ2n) is 5.68. The molecule has 8 heteroatoms. The monoisotopic (exact) mass is 360 g/mol. The molecule has 1 aliphatic rings. The Morgan fingerprint density at radius 2 is 2.12 bits per heavy atom. The third-order valence-electron chi connectivity index (χ3n) is 4.00. The van der Waals surface area contributed by atoms with Crippen LogP contribution in [0, 0.1) is 0 Å². The molecule has 0 saturated heterocycles. The largest absolute Gasteiger partial charge is 0.384 e. The molecule has 2 rings (SSSR count). The minimum absolute atomic E-state index is 0.150. The topological polar surface area (TPSA) is 123 Å². The van der Waals surface area contributed by atoms with E-state index in [0.717, 1.165) is 30.4 Å².